The van der Waals surface area contributed by atoms with Gasteiger partial charge in [0.2, 0.25) is 0 Å². The predicted octanol–water partition coefficient (Wildman–Crippen LogP) is 0.335. The molecule has 94 valence electrons. The van der Waals surface area contributed by atoms with Crippen LogP contribution in [0.1, 0.15) is 12.8 Å². The average Bonchev–Trinajstić information content (AvgIpc) is 2.37. The fraction of sp³-hybridized carbons (Fsp3) is 1.00. The van der Waals surface area contributed by atoms with Crippen molar-refractivity contribution in [3.05, 3.63) is 0 Å². The smallest absolute Gasteiger partial charge is 0.0594 e. The highest BCUT2D eigenvalue weighted by Gasteiger charge is 2.13. The van der Waals surface area contributed by atoms with Gasteiger partial charge in [-0.2, -0.15) is 0 Å². The second-order valence-electron chi connectivity index (χ2n) is 4.71. The molecule has 2 aliphatic rings. The molecule has 2 fully saturated rings. The van der Waals surface area contributed by atoms with E-state index in [4.69, 9.17) is 9.47 Å². The third kappa shape index (κ3) is 4.37. The molecule has 0 spiro atoms. The van der Waals surface area contributed by atoms with Gasteiger partial charge >= 0.3 is 0 Å². The van der Waals surface area contributed by atoms with E-state index >= 15 is 0 Å². The van der Waals surface area contributed by atoms with Crippen LogP contribution in [0.4, 0.5) is 0 Å². The zero-order chi connectivity index (χ0) is 11.1. The largest absolute Gasteiger partial charge is 0.381 e. The van der Waals surface area contributed by atoms with Crippen LogP contribution in [0.2, 0.25) is 0 Å². The van der Waals surface area contributed by atoms with Crippen LogP contribution < -0.4 is 5.32 Å². The minimum absolute atomic E-state index is 0.832. The van der Waals surface area contributed by atoms with Crippen molar-refractivity contribution in [3.8, 4) is 0 Å². The van der Waals surface area contributed by atoms with E-state index in [1.165, 1.54) is 12.8 Å². The minimum atomic E-state index is 0.832. The van der Waals surface area contributed by atoms with Crippen molar-refractivity contribution in [1.29, 1.82) is 0 Å². The quantitative estimate of drug-likeness (QED) is 0.688. The fourth-order valence-corrected chi connectivity index (χ4v) is 2.32. The highest BCUT2D eigenvalue weighted by molar-refractivity contribution is 4.68. The van der Waals surface area contributed by atoms with Gasteiger partial charge in [0.25, 0.3) is 0 Å². The molecule has 0 aromatic heterocycles. The Balaban J connectivity index is 1.47. The van der Waals surface area contributed by atoms with Crippen LogP contribution in [0, 0.1) is 5.92 Å². The van der Waals surface area contributed by atoms with E-state index in [1.807, 2.05) is 0 Å². The van der Waals surface area contributed by atoms with Crippen molar-refractivity contribution in [2.75, 3.05) is 59.2 Å². The zero-order valence-electron chi connectivity index (χ0n) is 10.1. The Morgan fingerprint density at radius 1 is 1.00 bits per heavy atom. The molecule has 0 aromatic carbocycles. The van der Waals surface area contributed by atoms with Gasteiger partial charge in [-0.3, -0.25) is 4.90 Å². The average molecular weight is 228 g/mol. The van der Waals surface area contributed by atoms with Gasteiger partial charge in [-0.15, -0.1) is 0 Å². The van der Waals surface area contributed by atoms with Crippen LogP contribution in [-0.2, 0) is 9.47 Å². The van der Waals surface area contributed by atoms with E-state index in [0.29, 0.717) is 0 Å². The highest BCUT2D eigenvalue weighted by atomic mass is 16.5. The van der Waals surface area contributed by atoms with Gasteiger partial charge in [-0.1, -0.05) is 0 Å². The maximum absolute atomic E-state index is 5.35. The number of hydrogen-bond donors (Lipinski definition) is 1. The summed E-state index contributed by atoms with van der Waals surface area (Å²) in [7, 11) is 0. The third-order valence-electron chi connectivity index (χ3n) is 3.48. The van der Waals surface area contributed by atoms with Crippen LogP contribution in [0.15, 0.2) is 0 Å². The van der Waals surface area contributed by atoms with Gasteiger partial charge in [0, 0.05) is 39.4 Å². The van der Waals surface area contributed by atoms with Gasteiger partial charge in [0.05, 0.1) is 13.2 Å². The van der Waals surface area contributed by atoms with Gasteiger partial charge in [0.15, 0.2) is 0 Å². The standard InChI is InChI=1S/C12H24N2O2/c1-7-15-8-2-12(1)11-13-3-4-14-5-9-16-10-6-14/h12-13H,1-11H2. The van der Waals surface area contributed by atoms with Crippen LogP contribution in [0.25, 0.3) is 0 Å². The molecular formula is C12H24N2O2. The van der Waals surface area contributed by atoms with Gasteiger partial charge in [0.1, 0.15) is 0 Å². The topological polar surface area (TPSA) is 33.7 Å². The van der Waals surface area contributed by atoms with Crippen molar-refractivity contribution in [2.45, 2.75) is 12.8 Å². The summed E-state index contributed by atoms with van der Waals surface area (Å²) in [5, 5.41) is 3.56. The fourth-order valence-electron chi connectivity index (χ4n) is 2.32. The second kappa shape index (κ2) is 7.22. The SMILES string of the molecule is C(CN1CCOCC1)NCC1CCOCC1. The number of ether oxygens (including phenoxy) is 2. The third-order valence-corrected chi connectivity index (χ3v) is 3.48. The summed E-state index contributed by atoms with van der Waals surface area (Å²) in [5.41, 5.74) is 0. The number of hydrogen-bond acceptors (Lipinski definition) is 4. The van der Waals surface area contributed by atoms with E-state index < -0.39 is 0 Å². The van der Waals surface area contributed by atoms with E-state index in [0.717, 1.165) is 65.1 Å². The molecule has 16 heavy (non-hydrogen) atoms. The lowest BCUT2D eigenvalue weighted by Crippen LogP contribution is -2.41. The number of nitrogens with zero attached hydrogens (tertiary/aromatic N) is 1. The summed E-state index contributed by atoms with van der Waals surface area (Å²) in [6.45, 7) is 9.33. The van der Waals surface area contributed by atoms with Crippen molar-refractivity contribution in [1.82, 2.24) is 10.2 Å². The highest BCUT2D eigenvalue weighted by Crippen LogP contribution is 2.12. The van der Waals surface area contributed by atoms with Crippen molar-refractivity contribution in [3.63, 3.8) is 0 Å². The zero-order valence-corrected chi connectivity index (χ0v) is 10.1. The lowest BCUT2D eigenvalue weighted by molar-refractivity contribution is 0.0376. The molecular weight excluding hydrogens is 204 g/mol. The molecule has 0 aliphatic carbocycles. The van der Waals surface area contributed by atoms with E-state index in [-0.39, 0.29) is 0 Å². The second-order valence-corrected chi connectivity index (χ2v) is 4.71. The maximum atomic E-state index is 5.35. The molecule has 0 aromatic rings. The maximum Gasteiger partial charge on any atom is 0.0594 e. The molecule has 4 nitrogen and oxygen atoms in total. The Morgan fingerprint density at radius 2 is 1.69 bits per heavy atom. The summed E-state index contributed by atoms with van der Waals surface area (Å²) in [5.74, 6) is 0.832. The Hall–Kier alpha value is -0.160. The first-order valence-electron chi connectivity index (χ1n) is 6.54. The lowest BCUT2D eigenvalue weighted by Gasteiger charge is -2.27. The molecule has 2 rings (SSSR count). The molecule has 0 amide bonds. The van der Waals surface area contributed by atoms with Crippen molar-refractivity contribution < 1.29 is 9.47 Å². The summed E-state index contributed by atoms with van der Waals surface area (Å²) in [4.78, 5) is 2.47. The molecule has 0 radical (unpaired) electrons. The van der Waals surface area contributed by atoms with Crippen LogP contribution in [-0.4, -0.2) is 64.1 Å². The normalized spacial score (nSPS) is 24.8. The van der Waals surface area contributed by atoms with Crippen LogP contribution in [0.3, 0.4) is 0 Å². The van der Waals surface area contributed by atoms with Gasteiger partial charge in [-0.25, -0.2) is 0 Å². The van der Waals surface area contributed by atoms with Gasteiger partial charge < -0.3 is 14.8 Å². The first kappa shape index (κ1) is 12.3. The summed E-state index contributed by atoms with van der Waals surface area (Å²) in [6.07, 6.45) is 2.45. The Morgan fingerprint density at radius 3 is 2.44 bits per heavy atom. The van der Waals surface area contributed by atoms with Gasteiger partial charge in [-0.05, 0) is 25.3 Å². The summed E-state index contributed by atoms with van der Waals surface area (Å²) >= 11 is 0. The van der Waals surface area contributed by atoms with Crippen molar-refractivity contribution in [2.24, 2.45) is 5.92 Å². The molecule has 1 N–H and O–H groups in total. The molecule has 2 saturated heterocycles. The Bertz CT molecular complexity index is 158. The number of rotatable bonds is 5. The molecule has 4 heteroatoms. The molecule has 0 saturated carbocycles. The molecule has 0 bridgehead atoms. The van der Waals surface area contributed by atoms with E-state index in [9.17, 15) is 0 Å². The van der Waals surface area contributed by atoms with E-state index in [2.05, 4.69) is 10.2 Å². The van der Waals surface area contributed by atoms with Crippen molar-refractivity contribution >= 4 is 0 Å². The van der Waals surface area contributed by atoms with Crippen LogP contribution in [0.5, 0.6) is 0 Å². The summed E-state index contributed by atoms with van der Waals surface area (Å²) in [6, 6.07) is 0. The lowest BCUT2D eigenvalue weighted by atomic mass is 10.0. The number of morpholine rings is 1. The monoisotopic (exact) mass is 228 g/mol. The number of nitrogens with one attached hydrogen (secondary N) is 1. The predicted molar refractivity (Wildman–Crippen MR) is 63.7 cm³/mol. The Labute approximate surface area is 98.3 Å². The van der Waals surface area contributed by atoms with Crippen LogP contribution >= 0.6 is 0 Å². The molecule has 0 atom stereocenters. The molecule has 2 heterocycles. The first-order valence-corrected chi connectivity index (χ1v) is 6.54. The van der Waals surface area contributed by atoms with E-state index in [1.54, 1.807) is 0 Å². The minimum Gasteiger partial charge on any atom is -0.381 e. The molecule has 0 unspecified atom stereocenters. The Kier molecular flexibility index (Phi) is 5.55. The molecule has 2 aliphatic heterocycles. The summed E-state index contributed by atoms with van der Waals surface area (Å²) < 4.78 is 10.7. The first-order chi connectivity index (χ1) is 7.95.